The van der Waals surface area contributed by atoms with E-state index in [9.17, 15) is 19.1 Å². The zero-order valence-corrected chi connectivity index (χ0v) is 11.5. The maximum absolute atomic E-state index is 13.9. The number of benzene rings is 1. The molecular formula is C14H11ClFNO3. The quantitative estimate of drug-likeness (QED) is 0.926. The first-order chi connectivity index (χ1) is 9.32. The second kappa shape index (κ2) is 5.09. The number of rotatable bonds is 2. The molecule has 2 aromatic rings. The van der Waals surface area contributed by atoms with Crippen molar-refractivity contribution in [3.8, 4) is 5.69 Å². The first-order valence-electron chi connectivity index (χ1n) is 5.75. The molecule has 104 valence electrons. The first-order valence-corrected chi connectivity index (χ1v) is 6.12. The van der Waals surface area contributed by atoms with Crippen molar-refractivity contribution in [2.45, 2.75) is 13.8 Å². The summed E-state index contributed by atoms with van der Waals surface area (Å²) in [5.74, 6) is -1.86. The van der Waals surface area contributed by atoms with E-state index in [0.717, 1.165) is 10.6 Å². The van der Waals surface area contributed by atoms with Crippen LogP contribution in [0, 0.1) is 19.7 Å². The molecule has 0 amide bonds. The summed E-state index contributed by atoms with van der Waals surface area (Å²) in [5, 5.41) is 9.39. The van der Waals surface area contributed by atoms with Gasteiger partial charge in [-0.2, -0.15) is 0 Å². The van der Waals surface area contributed by atoms with E-state index in [2.05, 4.69) is 0 Å². The average Bonchev–Trinajstić information content (AvgIpc) is 2.30. The van der Waals surface area contributed by atoms with Crippen LogP contribution in [0.1, 0.15) is 21.6 Å². The van der Waals surface area contributed by atoms with Gasteiger partial charge < -0.3 is 5.11 Å². The van der Waals surface area contributed by atoms with Crippen LogP contribution < -0.4 is 5.56 Å². The van der Waals surface area contributed by atoms with E-state index >= 15 is 0 Å². The lowest BCUT2D eigenvalue weighted by molar-refractivity contribution is 0.0694. The van der Waals surface area contributed by atoms with Crippen LogP contribution in [0.4, 0.5) is 4.39 Å². The largest absolute Gasteiger partial charge is 0.478 e. The number of halogens is 2. The van der Waals surface area contributed by atoms with Gasteiger partial charge in [0.25, 0.3) is 5.56 Å². The number of aryl methyl sites for hydroxylation is 1. The number of aromatic nitrogens is 1. The van der Waals surface area contributed by atoms with E-state index in [4.69, 9.17) is 11.6 Å². The fourth-order valence-electron chi connectivity index (χ4n) is 2.17. The first kappa shape index (κ1) is 14.3. The van der Waals surface area contributed by atoms with Crippen LogP contribution in [0.2, 0.25) is 5.02 Å². The van der Waals surface area contributed by atoms with Crippen LogP contribution >= 0.6 is 11.6 Å². The van der Waals surface area contributed by atoms with E-state index in [0.29, 0.717) is 5.56 Å². The Kier molecular flexibility index (Phi) is 3.63. The van der Waals surface area contributed by atoms with E-state index in [1.54, 1.807) is 0 Å². The molecule has 4 nitrogen and oxygen atoms in total. The topological polar surface area (TPSA) is 59.3 Å². The second-order valence-corrected chi connectivity index (χ2v) is 4.80. The Morgan fingerprint density at radius 1 is 1.30 bits per heavy atom. The summed E-state index contributed by atoms with van der Waals surface area (Å²) < 4.78 is 15.0. The molecule has 0 radical (unpaired) electrons. The van der Waals surface area contributed by atoms with E-state index in [1.807, 2.05) is 0 Å². The Bertz CT molecular complexity index is 768. The van der Waals surface area contributed by atoms with Crippen molar-refractivity contribution in [2.24, 2.45) is 0 Å². The van der Waals surface area contributed by atoms with Crippen molar-refractivity contribution >= 4 is 17.6 Å². The number of carboxylic acids is 1. The zero-order valence-electron chi connectivity index (χ0n) is 10.8. The number of aromatic carboxylic acids is 1. The molecule has 0 fully saturated rings. The Morgan fingerprint density at radius 2 is 1.95 bits per heavy atom. The van der Waals surface area contributed by atoms with Gasteiger partial charge in [0, 0.05) is 16.8 Å². The number of carboxylic acid groups (broad SMARTS) is 1. The van der Waals surface area contributed by atoms with Gasteiger partial charge in [0.05, 0.1) is 11.3 Å². The molecule has 0 saturated carbocycles. The van der Waals surface area contributed by atoms with Gasteiger partial charge >= 0.3 is 5.97 Å². The molecule has 0 saturated heterocycles. The van der Waals surface area contributed by atoms with Gasteiger partial charge in [-0.05, 0) is 37.6 Å². The predicted molar refractivity (Wildman–Crippen MR) is 73.4 cm³/mol. The Labute approximate surface area is 119 Å². The molecule has 1 aromatic heterocycles. The molecule has 0 aliphatic carbocycles. The van der Waals surface area contributed by atoms with Crippen molar-refractivity contribution in [3.63, 3.8) is 0 Å². The monoisotopic (exact) mass is 295 g/mol. The molecule has 1 heterocycles. The lowest BCUT2D eigenvalue weighted by Gasteiger charge is -2.14. The van der Waals surface area contributed by atoms with Gasteiger partial charge in [-0.3, -0.25) is 9.36 Å². The van der Waals surface area contributed by atoms with Crippen LogP contribution in [-0.2, 0) is 0 Å². The van der Waals surface area contributed by atoms with E-state index < -0.39 is 17.3 Å². The van der Waals surface area contributed by atoms with Crippen LogP contribution in [0.3, 0.4) is 0 Å². The highest BCUT2D eigenvalue weighted by molar-refractivity contribution is 6.30. The fourth-order valence-corrected chi connectivity index (χ4v) is 2.33. The predicted octanol–water partition coefficient (Wildman–Crippen LogP) is 2.95. The number of nitrogens with zero attached hydrogens (tertiary/aromatic N) is 1. The van der Waals surface area contributed by atoms with Crippen LogP contribution in [0.5, 0.6) is 0 Å². The van der Waals surface area contributed by atoms with E-state index in [1.165, 1.54) is 32.0 Å². The van der Waals surface area contributed by atoms with E-state index in [-0.39, 0.29) is 22.0 Å². The van der Waals surface area contributed by atoms with Gasteiger partial charge in [-0.15, -0.1) is 0 Å². The number of pyridine rings is 1. The van der Waals surface area contributed by atoms with Crippen molar-refractivity contribution in [2.75, 3.05) is 0 Å². The number of hydrogen-bond donors (Lipinski definition) is 1. The second-order valence-electron chi connectivity index (χ2n) is 4.36. The number of carbonyl (C=O) groups is 1. The molecular weight excluding hydrogens is 285 g/mol. The van der Waals surface area contributed by atoms with Gasteiger partial charge in [0.15, 0.2) is 0 Å². The Hall–Kier alpha value is -2.14. The summed E-state index contributed by atoms with van der Waals surface area (Å²) in [7, 11) is 0. The summed E-state index contributed by atoms with van der Waals surface area (Å²) in [6.07, 6.45) is 0. The maximum atomic E-state index is 13.9. The zero-order chi connectivity index (χ0) is 15.0. The van der Waals surface area contributed by atoms with Gasteiger partial charge in [0.1, 0.15) is 5.82 Å². The van der Waals surface area contributed by atoms with Crippen molar-refractivity contribution in [1.82, 2.24) is 4.57 Å². The molecule has 0 aliphatic rings. The van der Waals surface area contributed by atoms with Crippen molar-refractivity contribution < 1.29 is 14.3 Å². The Balaban J connectivity index is 2.84. The Morgan fingerprint density at radius 3 is 2.50 bits per heavy atom. The highest BCUT2D eigenvalue weighted by Crippen LogP contribution is 2.20. The number of hydrogen-bond acceptors (Lipinski definition) is 2. The summed E-state index contributed by atoms with van der Waals surface area (Å²) in [4.78, 5) is 23.3. The fraction of sp³-hybridized carbons (Fsp3) is 0.143. The molecule has 0 bridgehead atoms. The molecule has 1 N–H and O–H groups in total. The maximum Gasteiger partial charge on any atom is 0.337 e. The minimum Gasteiger partial charge on any atom is -0.478 e. The molecule has 0 spiro atoms. The minimum absolute atomic E-state index is 0.0149. The SMILES string of the molecule is Cc1cc(=O)n(-c2ccc(Cl)cc2F)c(C)c1C(=O)O. The average molecular weight is 296 g/mol. The summed E-state index contributed by atoms with van der Waals surface area (Å²) in [6, 6.07) is 5.02. The molecule has 0 aliphatic heterocycles. The summed E-state index contributed by atoms with van der Waals surface area (Å²) >= 11 is 5.67. The molecule has 6 heteroatoms. The van der Waals surface area contributed by atoms with Crippen LogP contribution in [-0.4, -0.2) is 15.6 Å². The van der Waals surface area contributed by atoms with Gasteiger partial charge in [-0.25, -0.2) is 9.18 Å². The third-order valence-corrected chi connectivity index (χ3v) is 3.25. The van der Waals surface area contributed by atoms with Crippen LogP contribution in [0.15, 0.2) is 29.1 Å². The van der Waals surface area contributed by atoms with Crippen LogP contribution in [0.25, 0.3) is 5.69 Å². The summed E-state index contributed by atoms with van der Waals surface area (Å²) in [6.45, 7) is 2.99. The summed E-state index contributed by atoms with van der Waals surface area (Å²) in [5.41, 5.74) is -0.0288. The highest BCUT2D eigenvalue weighted by atomic mass is 35.5. The third-order valence-electron chi connectivity index (χ3n) is 3.02. The highest BCUT2D eigenvalue weighted by Gasteiger charge is 2.18. The molecule has 0 atom stereocenters. The molecule has 2 rings (SSSR count). The normalized spacial score (nSPS) is 10.6. The lowest BCUT2D eigenvalue weighted by Crippen LogP contribution is -2.24. The van der Waals surface area contributed by atoms with Crippen molar-refractivity contribution in [1.29, 1.82) is 0 Å². The minimum atomic E-state index is -1.16. The molecule has 20 heavy (non-hydrogen) atoms. The van der Waals surface area contributed by atoms with Gasteiger partial charge in [0.2, 0.25) is 0 Å². The van der Waals surface area contributed by atoms with Crippen molar-refractivity contribution in [3.05, 3.63) is 62.3 Å². The molecule has 1 aromatic carbocycles. The standard InChI is InChI=1S/C14H11ClFNO3/c1-7-5-12(18)17(8(2)13(7)14(19)20)11-4-3-9(15)6-10(11)16/h3-6H,1-2H3,(H,19,20). The smallest absolute Gasteiger partial charge is 0.337 e. The lowest BCUT2D eigenvalue weighted by atomic mass is 10.1. The molecule has 0 unspecified atom stereocenters. The third kappa shape index (κ3) is 2.32. The van der Waals surface area contributed by atoms with Gasteiger partial charge in [-0.1, -0.05) is 11.6 Å².